The van der Waals surface area contributed by atoms with Crippen LogP contribution in [0, 0.1) is 0 Å². The van der Waals surface area contributed by atoms with Gasteiger partial charge in [-0.25, -0.2) is 0 Å². The van der Waals surface area contributed by atoms with E-state index in [1.54, 1.807) is 0 Å². The molecule has 3 heteroatoms. The van der Waals surface area contributed by atoms with E-state index < -0.39 is 0 Å². The first-order valence-electron chi connectivity index (χ1n) is 1.63. The Morgan fingerprint density at radius 3 is 2.00 bits per heavy atom. The summed E-state index contributed by atoms with van der Waals surface area (Å²) in [6.45, 7) is 1.40. The predicted octanol–water partition coefficient (Wildman–Crippen LogP) is -0.452. The lowest BCUT2D eigenvalue weighted by Gasteiger charge is -2.02. The molecule has 0 aliphatic heterocycles. The quantitative estimate of drug-likeness (QED) is 0.363. The number of hydrogen-bond donors (Lipinski definition) is 0. The van der Waals surface area contributed by atoms with Crippen LogP contribution < -0.4 is 0 Å². The molecule has 0 bridgehead atoms. The smallest absolute Gasteiger partial charge is 0.230 e. The molecule has 0 aromatic heterocycles. The van der Waals surface area contributed by atoms with Gasteiger partial charge in [0.25, 0.3) is 0 Å². The highest BCUT2D eigenvalue weighted by Gasteiger charge is 1.87. The Labute approximate surface area is 38.6 Å². The van der Waals surface area contributed by atoms with Crippen LogP contribution in [0.4, 0.5) is 0 Å². The molecule has 0 aromatic rings. The number of carbonyl (C=O) groups is 1. The zero-order valence-electron chi connectivity index (χ0n) is 3.93. The van der Waals surface area contributed by atoms with Gasteiger partial charge in [-0.05, 0) is 7.05 Å². The van der Waals surface area contributed by atoms with Crippen LogP contribution in [0.5, 0.6) is 0 Å². The molecular weight excluding hydrogens is 76.9 g/mol. The third-order valence-corrected chi connectivity index (χ3v) is 0.497. The molecule has 0 saturated carbocycles. The fourth-order valence-electron chi connectivity index (χ4n) is 0. The van der Waals surface area contributed by atoms with Crippen molar-refractivity contribution in [3.63, 3.8) is 0 Å². The van der Waals surface area contributed by atoms with Gasteiger partial charge in [-0.15, -0.1) is 0 Å². The van der Waals surface area contributed by atoms with Gasteiger partial charge in [0.15, 0.2) is 0 Å². The van der Waals surface area contributed by atoms with E-state index in [2.05, 4.69) is 0 Å². The maximum absolute atomic E-state index is 9.94. The van der Waals surface area contributed by atoms with E-state index in [9.17, 15) is 4.79 Å². The summed E-state index contributed by atoms with van der Waals surface area (Å²) in [5.41, 5.74) is 0. The van der Waals surface area contributed by atoms with Crippen molar-refractivity contribution in [2.24, 2.45) is 0 Å². The molecular formula is C3H6BNO. The SMILES string of the molecule is [B]N(C)C(C)=O. The van der Waals surface area contributed by atoms with Crippen molar-refractivity contribution in [2.45, 2.75) is 6.92 Å². The normalized spacial score (nSPS) is 7.67. The van der Waals surface area contributed by atoms with Gasteiger partial charge in [-0.3, -0.25) is 4.79 Å². The molecule has 0 aliphatic carbocycles. The number of hydrogen-bond acceptors (Lipinski definition) is 1. The summed E-state index contributed by atoms with van der Waals surface area (Å²) >= 11 is 0. The number of nitrogens with zero attached hydrogens (tertiary/aromatic N) is 1. The molecule has 0 aliphatic rings. The van der Waals surface area contributed by atoms with Crippen LogP contribution in [0.25, 0.3) is 0 Å². The Morgan fingerprint density at radius 2 is 2.00 bits per heavy atom. The van der Waals surface area contributed by atoms with Crippen molar-refractivity contribution < 1.29 is 4.79 Å². The highest BCUT2D eigenvalue weighted by Crippen LogP contribution is 1.68. The van der Waals surface area contributed by atoms with Crippen molar-refractivity contribution in [2.75, 3.05) is 7.05 Å². The van der Waals surface area contributed by atoms with Crippen molar-refractivity contribution in [3.8, 4) is 0 Å². The molecule has 0 aromatic carbocycles. The molecule has 1 amide bonds. The number of carbonyl (C=O) groups excluding carboxylic acids is 1. The Kier molecular flexibility index (Phi) is 1.71. The number of rotatable bonds is 0. The van der Waals surface area contributed by atoms with Crippen LogP contribution in [0.2, 0.25) is 0 Å². The van der Waals surface area contributed by atoms with E-state index in [0.717, 1.165) is 4.81 Å². The Hall–Kier alpha value is -0.465. The zero-order chi connectivity index (χ0) is 5.15. The van der Waals surface area contributed by atoms with Crippen LogP contribution in [0.15, 0.2) is 0 Å². The molecule has 6 heavy (non-hydrogen) atoms. The van der Waals surface area contributed by atoms with Crippen molar-refractivity contribution in [1.82, 2.24) is 4.81 Å². The second kappa shape index (κ2) is 1.85. The lowest BCUT2D eigenvalue weighted by molar-refractivity contribution is -0.123. The van der Waals surface area contributed by atoms with E-state index in [0.29, 0.717) is 0 Å². The fraction of sp³-hybridized carbons (Fsp3) is 0.667. The summed E-state index contributed by atoms with van der Waals surface area (Å²) in [4.78, 5) is 11.0. The Balaban J connectivity index is 3.26. The van der Waals surface area contributed by atoms with Crippen LogP contribution >= 0.6 is 0 Å². The van der Waals surface area contributed by atoms with Gasteiger partial charge in [-0.2, -0.15) is 0 Å². The predicted molar refractivity (Wildman–Crippen MR) is 24.2 cm³/mol. The van der Waals surface area contributed by atoms with Gasteiger partial charge in [0.2, 0.25) is 13.9 Å². The van der Waals surface area contributed by atoms with Gasteiger partial charge in [0.1, 0.15) is 0 Å². The minimum atomic E-state index is -0.130. The first kappa shape index (κ1) is 5.53. The molecule has 0 atom stereocenters. The standard InChI is InChI=1S/C3H6BNO/c1-3(6)5(2)4/h1-2H3. The summed E-state index contributed by atoms with van der Waals surface area (Å²) < 4.78 is 0. The molecule has 32 valence electrons. The average molecular weight is 82.9 g/mol. The summed E-state index contributed by atoms with van der Waals surface area (Å²) in [6.07, 6.45) is 0. The van der Waals surface area contributed by atoms with Gasteiger partial charge >= 0.3 is 0 Å². The van der Waals surface area contributed by atoms with Crippen molar-refractivity contribution >= 4 is 13.9 Å². The molecule has 0 unspecified atom stereocenters. The summed E-state index contributed by atoms with van der Waals surface area (Å²) in [5.74, 6) is -0.130. The number of amides is 1. The molecule has 0 N–H and O–H groups in total. The highest BCUT2D eigenvalue weighted by molar-refractivity contribution is 6.13. The highest BCUT2D eigenvalue weighted by atomic mass is 16.2. The van der Waals surface area contributed by atoms with E-state index in [4.69, 9.17) is 7.98 Å². The largest absolute Gasteiger partial charge is 0.400 e. The minimum absolute atomic E-state index is 0.130. The molecule has 0 fully saturated rings. The molecule has 0 spiro atoms. The van der Waals surface area contributed by atoms with Crippen molar-refractivity contribution in [1.29, 1.82) is 0 Å². The molecule has 0 saturated heterocycles. The van der Waals surface area contributed by atoms with Gasteiger partial charge < -0.3 is 4.81 Å². The Bertz CT molecular complexity index is 61.8. The topological polar surface area (TPSA) is 20.3 Å². The van der Waals surface area contributed by atoms with E-state index >= 15 is 0 Å². The first-order valence-corrected chi connectivity index (χ1v) is 1.63. The van der Waals surface area contributed by atoms with E-state index in [1.165, 1.54) is 14.0 Å². The summed E-state index contributed by atoms with van der Waals surface area (Å²) in [5, 5.41) is 0. The lowest BCUT2D eigenvalue weighted by Crippen LogP contribution is -2.19. The van der Waals surface area contributed by atoms with E-state index in [1.807, 2.05) is 0 Å². The minimum Gasteiger partial charge on any atom is -0.400 e. The van der Waals surface area contributed by atoms with Crippen LogP contribution in [-0.4, -0.2) is 25.7 Å². The summed E-state index contributed by atoms with van der Waals surface area (Å²) in [7, 11) is 6.42. The van der Waals surface area contributed by atoms with Crippen LogP contribution in [0.1, 0.15) is 6.92 Å². The lowest BCUT2D eigenvalue weighted by atomic mass is 10.3. The molecule has 2 radical (unpaired) electrons. The van der Waals surface area contributed by atoms with Crippen molar-refractivity contribution in [3.05, 3.63) is 0 Å². The Morgan fingerprint density at radius 1 is 1.83 bits per heavy atom. The monoisotopic (exact) mass is 83.1 g/mol. The van der Waals surface area contributed by atoms with Gasteiger partial charge in [0.05, 0.1) is 0 Å². The summed E-state index contributed by atoms with van der Waals surface area (Å²) in [6, 6.07) is 0. The second-order valence-corrected chi connectivity index (χ2v) is 1.13. The third kappa shape index (κ3) is 1.82. The van der Waals surface area contributed by atoms with Crippen LogP contribution in [-0.2, 0) is 4.79 Å². The fourth-order valence-corrected chi connectivity index (χ4v) is 0. The first-order chi connectivity index (χ1) is 2.64. The third-order valence-electron chi connectivity index (χ3n) is 0.497. The maximum atomic E-state index is 9.94. The molecule has 0 heterocycles. The average Bonchev–Trinajstić information content (AvgIpc) is 1.36. The van der Waals surface area contributed by atoms with E-state index in [-0.39, 0.29) is 5.91 Å². The maximum Gasteiger partial charge on any atom is 0.230 e. The molecule has 2 nitrogen and oxygen atoms in total. The van der Waals surface area contributed by atoms with Gasteiger partial charge in [-0.1, -0.05) is 0 Å². The zero-order valence-corrected chi connectivity index (χ0v) is 3.93. The van der Waals surface area contributed by atoms with Gasteiger partial charge in [0, 0.05) is 6.92 Å². The molecule has 0 rings (SSSR count). The second-order valence-electron chi connectivity index (χ2n) is 1.13. The van der Waals surface area contributed by atoms with Crippen LogP contribution in [0.3, 0.4) is 0 Å².